The maximum absolute atomic E-state index is 5.02. The van der Waals surface area contributed by atoms with Gasteiger partial charge in [-0.25, -0.2) is 0 Å². The third-order valence-electron chi connectivity index (χ3n) is 8.60. The number of aryl methyl sites for hydroxylation is 1. The third kappa shape index (κ3) is 3.93. The highest BCUT2D eigenvalue weighted by atomic mass is 15.5. The normalized spacial score (nSPS) is 32.4. The van der Waals surface area contributed by atoms with Crippen LogP contribution in [-0.2, 0) is 13.1 Å². The van der Waals surface area contributed by atoms with E-state index in [1.54, 1.807) is 0 Å². The summed E-state index contributed by atoms with van der Waals surface area (Å²) in [5.41, 5.74) is 7.06. The van der Waals surface area contributed by atoms with Crippen LogP contribution in [-0.4, -0.2) is 20.5 Å². The molecule has 3 aromatic rings. The van der Waals surface area contributed by atoms with Crippen LogP contribution in [0.2, 0.25) is 0 Å². The van der Waals surface area contributed by atoms with E-state index in [0.29, 0.717) is 17.4 Å². The minimum absolute atomic E-state index is 0.261. The predicted octanol–water partition coefficient (Wildman–Crippen LogP) is 6.14. The lowest BCUT2D eigenvalue weighted by Crippen LogP contribution is -2.63. The monoisotopic (exact) mass is 440 g/mol. The van der Waals surface area contributed by atoms with Gasteiger partial charge < -0.3 is 5.32 Å². The molecule has 172 valence electrons. The average Bonchev–Trinajstić information content (AvgIpc) is 3.15. The number of nitrogens with one attached hydrogen (secondary N) is 1. The number of nitrogens with zero attached hydrogens (tertiary/aromatic N) is 3. The van der Waals surface area contributed by atoms with Crippen molar-refractivity contribution < 1.29 is 0 Å². The van der Waals surface area contributed by atoms with Crippen molar-refractivity contribution in [3.8, 4) is 11.3 Å². The fraction of sp³-hybridized carbons (Fsp3) is 0.517. The van der Waals surface area contributed by atoms with Crippen LogP contribution in [0.15, 0.2) is 54.6 Å². The lowest BCUT2D eigenvalue weighted by atomic mass is 9.43. The molecule has 2 unspecified atom stereocenters. The highest BCUT2D eigenvalue weighted by Crippen LogP contribution is 2.66. The van der Waals surface area contributed by atoms with Gasteiger partial charge in [-0.1, -0.05) is 68.4 Å². The Morgan fingerprint density at radius 3 is 2.27 bits per heavy atom. The molecule has 7 rings (SSSR count). The Hall–Kier alpha value is -2.46. The van der Waals surface area contributed by atoms with Crippen LogP contribution in [0.5, 0.6) is 0 Å². The summed E-state index contributed by atoms with van der Waals surface area (Å²) in [5.74, 6) is 0.883. The quantitative estimate of drug-likeness (QED) is 0.501. The van der Waals surface area contributed by atoms with E-state index in [0.717, 1.165) is 29.4 Å². The van der Waals surface area contributed by atoms with Crippen molar-refractivity contribution in [1.82, 2.24) is 20.3 Å². The molecule has 1 heterocycles. The van der Waals surface area contributed by atoms with Crippen molar-refractivity contribution in [1.29, 1.82) is 0 Å². The molecule has 1 N–H and O–H groups in total. The molecule has 4 bridgehead atoms. The molecule has 0 spiro atoms. The van der Waals surface area contributed by atoms with Crippen molar-refractivity contribution in [2.24, 2.45) is 16.7 Å². The Kier molecular flexibility index (Phi) is 4.81. The van der Waals surface area contributed by atoms with Gasteiger partial charge in [-0.3, -0.25) is 0 Å². The zero-order valence-electron chi connectivity index (χ0n) is 20.3. The van der Waals surface area contributed by atoms with Gasteiger partial charge in [0, 0.05) is 17.6 Å². The predicted molar refractivity (Wildman–Crippen MR) is 133 cm³/mol. The summed E-state index contributed by atoms with van der Waals surface area (Å²) in [4.78, 5) is 1.89. The summed E-state index contributed by atoms with van der Waals surface area (Å²) >= 11 is 0. The van der Waals surface area contributed by atoms with E-state index in [2.05, 4.69) is 80.7 Å². The van der Waals surface area contributed by atoms with E-state index in [1.807, 2.05) is 4.80 Å². The van der Waals surface area contributed by atoms with Crippen LogP contribution < -0.4 is 5.32 Å². The molecule has 4 saturated carbocycles. The second-order valence-electron chi connectivity index (χ2n) is 12.1. The van der Waals surface area contributed by atoms with E-state index in [-0.39, 0.29) is 5.54 Å². The van der Waals surface area contributed by atoms with Crippen molar-refractivity contribution in [3.05, 3.63) is 71.4 Å². The number of hydrogen-bond acceptors (Lipinski definition) is 3. The molecular formula is C29H36N4. The van der Waals surface area contributed by atoms with Gasteiger partial charge in [0.05, 0.1) is 6.54 Å². The van der Waals surface area contributed by atoms with Crippen LogP contribution in [0.4, 0.5) is 0 Å². The average molecular weight is 441 g/mol. The molecule has 0 radical (unpaired) electrons. The Morgan fingerprint density at radius 1 is 0.879 bits per heavy atom. The first-order valence-corrected chi connectivity index (χ1v) is 12.6. The molecule has 33 heavy (non-hydrogen) atoms. The summed E-state index contributed by atoms with van der Waals surface area (Å²) in [5, 5.41) is 14.1. The zero-order valence-corrected chi connectivity index (χ0v) is 20.3. The lowest BCUT2D eigenvalue weighted by molar-refractivity contribution is -0.118. The van der Waals surface area contributed by atoms with Crippen LogP contribution in [0.1, 0.15) is 69.2 Å². The van der Waals surface area contributed by atoms with Gasteiger partial charge in [0.25, 0.3) is 0 Å². The molecule has 4 fully saturated rings. The largest absolute Gasteiger partial charge is 0.305 e. The SMILES string of the molecule is Cc1ccccc1Cn1nc(CNC23CC4C[C@@](C)(C2)C[C@](C)(C4)C3)c(-c2ccccc2)n1. The van der Waals surface area contributed by atoms with Gasteiger partial charge >= 0.3 is 0 Å². The Morgan fingerprint density at radius 2 is 1.58 bits per heavy atom. The lowest BCUT2D eigenvalue weighted by Gasteiger charge is -2.65. The van der Waals surface area contributed by atoms with Gasteiger partial charge in [-0.2, -0.15) is 15.0 Å². The van der Waals surface area contributed by atoms with Crippen molar-refractivity contribution in [3.63, 3.8) is 0 Å². The molecule has 0 amide bonds. The van der Waals surface area contributed by atoms with E-state index in [1.165, 1.54) is 49.7 Å². The van der Waals surface area contributed by atoms with Crippen molar-refractivity contribution in [2.75, 3.05) is 0 Å². The third-order valence-corrected chi connectivity index (χ3v) is 8.60. The van der Waals surface area contributed by atoms with E-state index in [4.69, 9.17) is 10.2 Å². The highest BCUT2D eigenvalue weighted by molar-refractivity contribution is 5.61. The van der Waals surface area contributed by atoms with Gasteiger partial charge in [-0.05, 0) is 73.3 Å². The minimum Gasteiger partial charge on any atom is -0.305 e. The summed E-state index contributed by atoms with van der Waals surface area (Å²) in [6, 6.07) is 19.1. The summed E-state index contributed by atoms with van der Waals surface area (Å²) < 4.78 is 0. The molecule has 0 saturated heterocycles. The molecule has 4 aliphatic carbocycles. The first-order valence-electron chi connectivity index (χ1n) is 12.6. The maximum atomic E-state index is 5.02. The standard InChI is InChI=1S/C29H36N4/c1-21-9-7-8-12-24(21)17-33-31-25(26(32-33)23-10-5-4-6-11-23)16-30-29-15-22-13-27(2,19-29)18-28(3,14-22)20-29/h4-12,22,30H,13-20H2,1-3H3/t22?,27-,28+,29?. The Balaban J connectivity index is 1.29. The minimum atomic E-state index is 0.261. The first-order chi connectivity index (χ1) is 15.8. The van der Waals surface area contributed by atoms with Gasteiger partial charge in [0.2, 0.25) is 0 Å². The maximum Gasteiger partial charge on any atom is 0.117 e. The Bertz CT molecular complexity index is 1150. The summed E-state index contributed by atoms with van der Waals surface area (Å²) in [6.07, 6.45) is 8.20. The van der Waals surface area contributed by atoms with Crippen LogP contribution >= 0.6 is 0 Å². The summed E-state index contributed by atoms with van der Waals surface area (Å²) in [7, 11) is 0. The number of rotatable bonds is 6. The molecule has 4 aliphatic rings. The number of benzene rings is 2. The first kappa shape index (κ1) is 21.1. The Labute approximate surface area is 197 Å². The van der Waals surface area contributed by atoms with Crippen molar-refractivity contribution in [2.45, 2.75) is 77.9 Å². The molecule has 2 aromatic carbocycles. The number of hydrogen-bond donors (Lipinski definition) is 1. The molecule has 4 nitrogen and oxygen atoms in total. The van der Waals surface area contributed by atoms with E-state index >= 15 is 0 Å². The van der Waals surface area contributed by atoms with Crippen molar-refractivity contribution >= 4 is 0 Å². The fourth-order valence-corrected chi connectivity index (χ4v) is 8.25. The second kappa shape index (κ2) is 7.53. The summed E-state index contributed by atoms with van der Waals surface area (Å²) in [6.45, 7) is 8.74. The van der Waals surface area contributed by atoms with Gasteiger partial charge in [-0.15, -0.1) is 0 Å². The number of aromatic nitrogens is 3. The van der Waals surface area contributed by atoms with Gasteiger partial charge in [0.1, 0.15) is 11.4 Å². The molecule has 4 heteroatoms. The molecule has 1 aromatic heterocycles. The van der Waals surface area contributed by atoms with Gasteiger partial charge in [0.15, 0.2) is 0 Å². The molecule has 0 aliphatic heterocycles. The zero-order chi connectivity index (χ0) is 22.7. The van der Waals surface area contributed by atoms with E-state index < -0.39 is 0 Å². The molecule has 4 atom stereocenters. The van der Waals surface area contributed by atoms with Crippen LogP contribution in [0.3, 0.4) is 0 Å². The topological polar surface area (TPSA) is 42.7 Å². The highest BCUT2D eigenvalue weighted by Gasteiger charge is 2.59. The van der Waals surface area contributed by atoms with Crippen LogP contribution in [0, 0.1) is 23.7 Å². The smallest absolute Gasteiger partial charge is 0.117 e. The van der Waals surface area contributed by atoms with E-state index in [9.17, 15) is 0 Å². The molecular weight excluding hydrogens is 404 g/mol. The van der Waals surface area contributed by atoms with Crippen LogP contribution in [0.25, 0.3) is 11.3 Å². The second-order valence-corrected chi connectivity index (χ2v) is 12.1. The fourth-order valence-electron chi connectivity index (χ4n) is 8.25.